The van der Waals surface area contributed by atoms with Crippen LogP contribution in [0.25, 0.3) is 0 Å². The predicted octanol–water partition coefficient (Wildman–Crippen LogP) is 2.66. The molecule has 0 radical (unpaired) electrons. The van der Waals surface area contributed by atoms with Crippen molar-refractivity contribution in [2.75, 3.05) is 13.1 Å². The largest absolute Gasteiger partial charge is 0.492 e. The summed E-state index contributed by atoms with van der Waals surface area (Å²) in [6, 6.07) is 9.74. The third kappa shape index (κ3) is 2.89. The second-order valence-electron chi connectivity index (χ2n) is 7.80. The number of pyridine rings is 1. The molecule has 1 N–H and O–H groups in total. The lowest BCUT2D eigenvalue weighted by atomic mass is 9.83. The highest BCUT2D eigenvalue weighted by atomic mass is 19.4. The van der Waals surface area contributed by atoms with Gasteiger partial charge in [-0.15, -0.1) is 0 Å². The molecule has 3 aliphatic heterocycles. The highest BCUT2D eigenvalue weighted by Gasteiger charge is 2.66. The summed E-state index contributed by atoms with van der Waals surface area (Å²) in [6.45, 7) is 0.870. The first-order valence-corrected chi connectivity index (χ1v) is 9.56. The number of hydrogen-bond donors (Lipinski definition) is 1. The number of rotatable bonds is 1. The Kier molecular flexibility index (Phi) is 4.03. The van der Waals surface area contributed by atoms with Crippen molar-refractivity contribution in [3.05, 3.63) is 58.5 Å². The molecule has 3 aliphatic rings. The quantitative estimate of drug-likeness (QED) is 0.769. The molecule has 0 aliphatic carbocycles. The average Bonchev–Trinajstić information content (AvgIpc) is 3.08. The molecule has 7 nitrogen and oxygen atoms in total. The van der Waals surface area contributed by atoms with Gasteiger partial charge in [-0.05, 0) is 30.5 Å². The number of aromatic nitrogens is 1. The lowest BCUT2D eigenvalue weighted by Crippen LogP contribution is -2.67. The summed E-state index contributed by atoms with van der Waals surface area (Å²) < 4.78 is 53.3. The van der Waals surface area contributed by atoms with Crippen LogP contribution in [0.3, 0.4) is 0 Å². The van der Waals surface area contributed by atoms with Gasteiger partial charge < -0.3 is 18.9 Å². The summed E-state index contributed by atoms with van der Waals surface area (Å²) in [7, 11) is 0. The standard InChI is InChI=1S/C20H18F3N3O4/c21-19(22,23)20(29-15-5-1-2-6-16(15)30-20)24-18(28)25-9-12-8-13(11-25)14-4-3-7-17(27)26(14)10-12/h1-7,12-13H,8-11H2,(H,24,28)/t12-,13-/m1/s1. The zero-order chi connectivity index (χ0) is 21.1. The monoisotopic (exact) mass is 421 g/mol. The molecule has 2 aromatic rings. The van der Waals surface area contributed by atoms with E-state index < -0.39 is 18.1 Å². The summed E-state index contributed by atoms with van der Waals surface area (Å²) in [5, 5.41) is 1.92. The van der Waals surface area contributed by atoms with Crippen LogP contribution in [0.15, 0.2) is 47.3 Å². The number of ether oxygens (including phenoxy) is 2. The molecule has 30 heavy (non-hydrogen) atoms. The number of piperidine rings is 1. The Labute approximate surface area is 169 Å². The van der Waals surface area contributed by atoms with Gasteiger partial charge in [-0.25, -0.2) is 4.79 Å². The van der Waals surface area contributed by atoms with Crippen LogP contribution in [-0.2, 0) is 6.54 Å². The molecular formula is C20H18F3N3O4. The summed E-state index contributed by atoms with van der Waals surface area (Å²) in [4.78, 5) is 26.3. The zero-order valence-electron chi connectivity index (χ0n) is 15.7. The van der Waals surface area contributed by atoms with Crippen molar-refractivity contribution in [3.63, 3.8) is 0 Å². The van der Waals surface area contributed by atoms with E-state index in [1.165, 1.54) is 35.2 Å². The van der Waals surface area contributed by atoms with Crippen molar-refractivity contribution in [1.82, 2.24) is 14.8 Å². The van der Waals surface area contributed by atoms with Gasteiger partial charge in [0.15, 0.2) is 11.5 Å². The molecular weight excluding hydrogens is 403 g/mol. The van der Waals surface area contributed by atoms with Gasteiger partial charge in [0.25, 0.3) is 5.56 Å². The number of nitrogens with one attached hydrogen (secondary N) is 1. The summed E-state index contributed by atoms with van der Waals surface area (Å²) in [6.07, 6.45) is -4.23. The van der Waals surface area contributed by atoms with E-state index in [-0.39, 0.29) is 42.0 Å². The highest BCUT2D eigenvalue weighted by molar-refractivity contribution is 5.75. The van der Waals surface area contributed by atoms with E-state index in [1.54, 1.807) is 10.6 Å². The summed E-state index contributed by atoms with van der Waals surface area (Å²) >= 11 is 0. The van der Waals surface area contributed by atoms with Crippen LogP contribution < -0.4 is 20.3 Å². The van der Waals surface area contributed by atoms with E-state index in [9.17, 15) is 22.8 Å². The molecule has 4 heterocycles. The minimum absolute atomic E-state index is 0.0217. The Morgan fingerprint density at radius 3 is 2.40 bits per heavy atom. The van der Waals surface area contributed by atoms with Crippen LogP contribution in [0.1, 0.15) is 18.0 Å². The molecule has 1 aromatic heterocycles. The van der Waals surface area contributed by atoms with Crippen LogP contribution >= 0.6 is 0 Å². The lowest BCUT2D eigenvalue weighted by Gasteiger charge is -2.43. The SMILES string of the molecule is O=C(NC1(C(F)(F)F)Oc2ccccc2O1)N1C[C@H]2C[C@H](C1)c1cccc(=O)n1C2. The zero-order valence-corrected chi connectivity index (χ0v) is 15.7. The molecule has 0 unspecified atom stereocenters. The Bertz CT molecular complexity index is 1040. The molecule has 5 rings (SSSR count). The average molecular weight is 421 g/mol. The fourth-order valence-electron chi connectivity index (χ4n) is 4.47. The Balaban J connectivity index is 1.39. The Hall–Kier alpha value is -3.17. The van der Waals surface area contributed by atoms with Crippen LogP contribution in [0.5, 0.6) is 11.5 Å². The molecule has 0 saturated carbocycles. The molecule has 2 bridgehead atoms. The van der Waals surface area contributed by atoms with Gasteiger partial charge in [0, 0.05) is 37.3 Å². The number of benzene rings is 1. The van der Waals surface area contributed by atoms with Crippen molar-refractivity contribution >= 4 is 6.03 Å². The highest BCUT2D eigenvalue weighted by Crippen LogP contribution is 2.45. The fourth-order valence-corrected chi connectivity index (χ4v) is 4.47. The normalized spacial score (nSPS) is 23.6. The number of carbonyl (C=O) groups excluding carboxylic acids is 1. The van der Waals surface area contributed by atoms with Crippen LogP contribution in [0.2, 0.25) is 0 Å². The minimum Gasteiger partial charge on any atom is -0.424 e. The van der Waals surface area contributed by atoms with E-state index in [0.29, 0.717) is 6.54 Å². The van der Waals surface area contributed by atoms with Crippen molar-refractivity contribution in [3.8, 4) is 11.5 Å². The molecule has 1 fully saturated rings. The maximum Gasteiger partial charge on any atom is 0.492 e. The number of fused-ring (bicyclic) bond motifs is 5. The number of carbonyl (C=O) groups is 1. The number of alkyl halides is 3. The van der Waals surface area contributed by atoms with Crippen molar-refractivity contribution in [2.24, 2.45) is 5.92 Å². The lowest BCUT2D eigenvalue weighted by molar-refractivity contribution is -0.318. The predicted molar refractivity (Wildman–Crippen MR) is 98.1 cm³/mol. The number of para-hydroxylation sites is 2. The van der Waals surface area contributed by atoms with Crippen LogP contribution in [-0.4, -0.2) is 40.7 Å². The summed E-state index contributed by atoms with van der Waals surface area (Å²) in [5.74, 6) is -3.62. The molecule has 0 spiro atoms. The molecule has 1 saturated heterocycles. The number of hydrogen-bond acceptors (Lipinski definition) is 4. The minimum atomic E-state index is -5.01. The molecule has 158 valence electrons. The van der Waals surface area contributed by atoms with Gasteiger partial charge >= 0.3 is 18.1 Å². The Morgan fingerprint density at radius 1 is 1.03 bits per heavy atom. The fraction of sp³-hybridized carbons (Fsp3) is 0.400. The van der Waals surface area contributed by atoms with E-state index in [1.807, 2.05) is 11.4 Å². The van der Waals surface area contributed by atoms with Gasteiger partial charge in [0.05, 0.1) is 0 Å². The third-order valence-corrected chi connectivity index (χ3v) is 5.77. The van der Waals surface area contributed by atoms with E-state index in [0.717, 1.165) is 12.1 Å². The maximum atomic E-state index is 13.9. The van der Waals surface area contributed by atoms with Crippen LogP contribution in [0, 0.1) is 5.92 Å². The molecule has 2 atom stereocenters. The number of likely N-dealkylation sites (tertiary alicyclic amines) is 1. The first-order valence-electron chi connectivity index (χ1n) is 9.56. The second-order valence-corrected chi connectivity index (χ2v) is 7.80. The number of nitrogens with zero attached hydrogens (tertiary/aromatic N) is 2. The van der Waals surface area contributed by atoms with Gasteiger partial charge in [-0.1, -0.05) is 18.2 Å². The van der Waals surface area contributed by atoms with Crippen molar-refractivity contribution in [1.29, 1.82) is 0 Å². The number of halogens is 3. The Morgan fingerprint density at radius 2 is 1.73 bits per heavy atom. The first-order chi connectivity index (χ1) is 14.3. The van der Waals surface area contributed by atoms with Gasteiger partial charge in [-0.2, -0.15) is 13.2 Å². The van der Waals surface area contributed by atoms with Crippen LogP contribution in [0.4, 0.5) is 18.0 Å². The van der Waals surface area contributed by atoms with E-state index in [4.69, 9.17) is 9.47 Å². The number of urea groups is 1. The maximum absolute atomic E-state index is 13.9. The van der Waals surface area contributed by atoms with E-state index in [2.05, 4.69) is 0 Å². The molecule has 10 heteroatoms. The number of amides is 2. The van der Waals surface area contributed by atoms with Crippen molar-refractivity contribution < 1.29 is 27.4 Å². The van der Waals surface area contributed by atoms with Gasteiger partial charge in [0.1, 0.15) is 0 Å². The summed E-state index contributed by atoms with van der Waals surface area (Å²) in [5.41, 5.74) is 0.684. The smallest absolute Gasteiger partial charge is 0.424 e. The second kappa shape index (κ2) is 6.41. The molecule has 1 aromatic carbocycles. The van der Waals surface area contributed by atoms with Crippen molar-refractivity contribution in [2.45, 2.75) is 31.0 Å². The first kappa shape index (κ1) is 18.8. The topological polar surface area (TPSA) is 72.8 Å². The van der Waals surface area contributed by atoms with Gasteiger partial charge in [0.2, 0.25) is 0 Å². The van der Waals surface area contributed by atoms with Gasteiger partial charge in [-0.3, -0.25) is 10.1 Å². The molecule has 2 amide bonds. The van der Waals surface area contributed by atoms with E-state index >= 15 is 0 Å². The third-order valence-electron chi connectivity index (χ3n) is 5.77.